The molecule has 0 aliphatic carbocycles. The summed E-state index contributed by atoms with van der Waals surface area (Å²) in [5, 5.41) is 2.84. The average molecular weight is 303 g/mol. The van der Waals surface area contributed by atoms with Crippen molar-refractivity contribution >= 4 is 17.5 Å². The van der Waals surface area contributed by atoms with Crippen molar-refractivity contribution in [3.05, 3.63) is 29.3 Å². The van der Waals surface area contributed by atoms with Crippen LogP contribution in [0.4, 0.5) is 5.69 Å². The molecule has 5 heteroatoms. The van der Waals surface area contributed by atoms with Crippen LogP contribution in [0.2, 0.25) is 0 Å². The quantitative estimate of drug-likeness (QED) is 0.863. The lowest BCUT2D eigenvalue weighted by molar-refractivity contribution is -0.136. The van der Waals surface area contributed by atoms with E-state index >= 15 is 0 Å². The fraction of sp³-hybridized carbons (Fsp3) is 0.529. The highest BCUT2D eigenvalue weighted by molar-refractivity contribution is 6.03. The number of amides is 2. The number of carbonyl (C=O) groups is 2. The number of likely N-dealkylation sites (N-methyl/N-ethyl adjacent to an activating group) is 1. The van der Waals surface area contributed by atoms with Crippen LogP contribution in [0.5, 0.6) is 0 Å². The lowest BCUT2D eigenvalue weighted by Crippen LogP contribution is -2.49. The molecular formula is C17H25N3O2. The van der Waals surface area contributed by atoms with Crippen molar-refractivity contribution in [1.29, 1.82) is 0 Å². The molecule has 120 valence electrons. The number of aryl methyl sites for hydroxylation is 1. The van der Waals surface area contributed by atoms with Gasteiger partial charge in [-0.05, 0) is 37.6 Å². The largest absolute Gasteiger partial charge is 0.340 e. The standard InChI is InChI=1S/C17H25N3O2/c1-4-19-8-10-20(11-9-19)17(22)12-16(21)18-15-7-5-6-13(2)14(15)3/h5-7H,4,8-12H2,1-3H3,(H,18,21). The van der Waals surface area contributed by atoms with Crippen molar-refractivity contribution in [3.8, 4) is 0 Å². The van der Waals surface area contributed by atoms with E-state index < -0.39 is 0 Å². The monoisotopic (exact) mass is 303 g/mol. The number of hydrogen-bond acceptors (Lipinski definition) is 3. The molecule has 0 saturated carbocycles. The Balaban J connectivity index is 1.87. The van der Waals surface area contributed by atoms with Crippen LogP contribution in [-0.4, -0.2) is 54.3 Å². The predicted molar refractivity (Wildman–Crippen MR) is 87.9 cm³/mol. The van der Waals surface area contributed by atoms with Gasteiger partial charge in [0.2, 0.25) is 11.8 Å². The van der Waals surface area contributed by atoms with Gasteiger partial charge in [-0.1, -0.05) is 19.1 Å². The van der Waals surface area contributed by atoms with Crippen molar-refractivity contribution in [3.63, 3.8) is 0 Å². The van der Waals surface area contributed by atoms with Crippen LogP contribution in [0.25, 0.3) is 0 Å². The first kappa shape index (κ1) is 16.5. The molecule has 0 atom stereocenters. The summed E-state index contributed by atoms with van der Waals surface area (Å²) in [6.45, 7) is 10.3. The molecule has 1 aliphatic rings. The third-order valence-electron chi connectivity index (χ3n) is 4.36. The summed E-state index contributed by atoms with van der Waals surface area (Å²) in [6.07, 6.45) is -0.0838. The van der Waals surface area contributed by atoms with Crippen molar-refractivity contribution < 1.29 is 9.59 Å². The molecule has 1 fully saturated rings. The number of carbonyl (C=O) groups excluding carboxylic acids is 2. The van der Waals surface area contributed by atoms with Crippen molar-refractivity contribution in [2.45, 2.75) is 27.2 Å². The van der Waals surface area contributed by atoms with Crippen LogP contribution in [0, 0.1) is 13.8 Å². The summed E-state index contributed by atoms with van der Waals surface area (Å²) in [5.41, 5.74) is 2.95. The van der Waals surface area contributed by atoms with Gasteiger partial charge in [0.15, 0.2) is 0 Å². The highest BCUT2D eigenvalue weighted by Gasteiger charge is 2.22. The molecule has 1 saturated heterocycles. The molecule has 0 unspecified atom stereocenters. The maximum Gasteiger partial charge on any atom is 0.233 e. The summed E-state index contributed by atoms with van der Waals surface area (Å²) in [4.78, 5) is 28.4. The first-order valence-electron chi connectivity index (χ1n) is 7.87. The van der Waals surface area contributed by atoms with E-state index in [1.807, 2.05) is 32.0 Å². The van der Waals surface area contributed by atoms with E-state index in [9.17, 15) is 9.59 Å². The van der Waals surface area contributed by atoms with Crippen molar-refractivity contribution in [2.75, 3.05) is 38.0 Å². The van der Waals surface area contributed by atoms with Gasteiger partial charge >= 0.3 is 0 Å². The maximum atomic E-state index is 12.2. The van der Waals surface area contributed by atoms with Crippen LogP contribution in [-0.2, 0) is 9.59 Å². The second kappa shape index (κ2) is 7.40. The third-order valence-corrected chi connectivity index (χ3v) is 4.36. The van der Waals surface area contributed by atoms with E-state index in [2.05, 4.69) is 17.1 Å². The number of hydrogen-bond donors (Lipinski definition) is 1. The Kier molecular flexibility index (Phi) is 5.55. The fourth-order valence-electron chi connectivity index (χ4n) is 2.64. The molecule has 0 spiro atoms. The second-order valence-corrected chi connectivity index (χ2v) is 5.79. The second-order valence-electron chi connectivity index (χ2n) is 5.79. The van der Waals surface area contributed by atoms with Crippen molar-refractivity contribution in [1.82, 2.24) is 9.80 Å². The average Bonchev–Trinajstić information content (AvgIpc) is 2.52. The SMILES string of the molecule is CCN1CCN(C(=O)CC(=O)Nc2cccc(C)c2C)CC1. The van der Waals surface area contributed by atoms with Gasteiger partial charge in [0, 0.05) is 31.9 Å². The van der Waals surface area contributed by atoms with Crippen LogP contribution >= 0.6 is 0 Å². The normalized spacial score (nSPS) is 15.7. The Morgan fingerprint density at radius 3 is 2.45 bits per heavy atom. The van der Waals surface area contributed by atoms with Gasteiger partial charge in [0.05, 0.1) is 0 Å². The third kappa shape index (κ3) is 4.07. The number of rotatable bonds is 4. The molecule has 1 aliphatic heterocycles. The molecule has 2 amide bonds. The number of anilines is 1. The van der Waals surface area contributed by atoms with Gasteiger partial charge in [0.25, 0.3) is 0 Å². The predicted octanol–water partition coefficient (Wildman–Crippen LogP) is 1.80. The van der Waals surface area contributed by atoms with Crippen LogP contribution in [0.3, 0.4) is 0 Å². The van der Waals surface area contributed by atoms with Gasteiger partial charge in [-0.15, -0.1) is 0 Å². The summed E-state index contributed by atoms with van der Waals surface area (Å²) >= 11 is 0. The first-order valence-corrected chi connectivity index (χ1v) is 7.87. The zero-order chi connectivity index (χ0) is 16.1. The van der Waals surface area contributed by atoms with Gasteiger partial charge in [-0.2, -0.15) is 0 Å². The van der Waals surface area contributed by atoms with Gasteiger partial charge in [-0.3, -0.25) is 9.59 Å². The van der Waals surface area contributed by atoms with Crippen LogP contribution in [0.1, 0.15) is 24.5 Å². The summed E-state index contributed by atoms with van der Waals surface area (Å²) < 4.78 is 0. The lowest BCUT2D eigenvalue weighted by Gasteiger charge is -2.34. The minimum Gasteiger partial charge on any atom is -0.340 e. The molecule has 0 bridgehead atoms. The Morgan fingerprint density at radius 2 is 1.82 bits per heavy atom. The van der Waals surface area contributed by atoms with E-state index in [0.29, 0.717) is 13.1 Å². The molecule has 22 heavy (non-hydrogen) atoms. The molecule has 1 heterocycles. The Hall–Kier alpha value is -1.88. The molecule has 2 rings (SSSR count). The molecule has 5 nitrogen and oxygen atoms in total. The van der Waals surface area contributed by atoms with Crippen LogP contribution in [0.15, 0.2) is 18.2 Å². The molecule has 1 aromatic carbocycles. The molecular weight excluding hydrogens is 278 g/mol. The zero-order valence-electron chi connectivity index (χ0n) is 13.7. The molecule has 0 aromatic heterocycles. The topological polar surface area (TPSA) is 52.7 Å². The Morgan fingerprint density at radius 1 is 1.14 bits per heavy atom. The number of nitrogens with zero attached hydrogens (tertiary/aromatic N) is 2. The smallest absolute Gasteiger partial charge is 0.233 e. The van der Waals surface area contributed by atoms with Gasteiger partial charge < -0.3 is 15.1 Å². The molecule has 0 radical (unpaired) electrons. The van der Waals surface area contributed by atoms with Gasteiger partial charge in [0.1, 0.15) is 6.42 Å². The van der Waals surface area contributed by atoms with Crippen molar-refractivity contribution in [2.24, 2.45) is 0 Å². The minimum absolute atomic E-state index is 0.0838. The van der Waals surface area contributed by atoms with E-state index in [1.54, 1.807) is 4.90 Å². The first-order chi connectivity index (χ1) is 10.5. The Bertz CT molecular complexity index is 549. The minimum atomic E-state index is -0.239. The lowest BCUT2D eigenvalue weighted by atomic mass is 10.1. The summed E-state index contributed by atoms with van der Waals surface area (Å²) in [7, 11) is 0. The van der Waals surface area contributed by atoms with E-state index in [0.717, 1.165) is 36.4 Å². The summed E-state index contributed by atoms with van der Waals surface area (Å²) in [5.74, 6) is -0.324. The molecule has 1 N–H and O–H groups in total. The maximum absolute atomic E-state index is 12.2. The number of piperazine rings is 1. The Labute approximate surface area is 132 Å². The summed E-state index contributed by atoms with van der Waals surface area (Å²) in [6, 6.07) is 5.78. The van der Waals surface area contributed by atoms with E-state index in [-0.39, 0.29) is 18.2 Å². The van der Waals surface area contributed by atoms with Crippen LogP contribution < -0.4 is 5.32 Å². The van der Waals surface area contributed by atoms with E-state index in [1.165, 1.54) is 0 Å². The number of benzene rings is 1. The number of nitrogens with one attached hydrogen (secondary N) is 1. The van der Waals surface area contributed by atoms with E-state index in [4.69, 9.17) is 0 Å². The van der Waals surface area contributed by atoms with Gasteiger partial charge in [-0.25, -0.2) is 0 Å². The fourth-order valence-corrected chi connectivity index (χ4v) is 2.64. The molecule has 1 aromatic rings. The highest BCUT2D eigenvalue weighted by atomic mass is 16.2. The zero-order valence-corrected chi connectivity index (χ0v) is 13.7. The highest BCUT2D eigenvalue weighted by Crippen LogP contribution is 2.18.